The fourth-order valence-corrected chi connectivity index (χ4v) is 2.82. The summed E-state index contributed by atoms with van der Waals surface area (Å²) < 4.78 is 0. The van der Waals surface area contributed by atoms with E-state index in [9.17, 15) is 0 Å². The van der Waals surface area contributed by atoms with Gasteiger partial charge < -0.3 is 0 Å². The molecule has 1 saturated carbocycles. The van der Waals surface area contributed by atoms with E-state index in [1.165, 1.54) is 31.2 Å². The van der Waals surface area contributed by atoms with E-state index in [2.05, 4.69) is 36.8 Å². The minimum Gasteiger partial charge on any atom is -0.297 e. The number of nitrogens with zero attached hydrogens (tertiary/aromatic N) is 2. The summed E-state index contributed by atoms with van der Waals surface area (Å²) in [5.74, 6) is 0.924. The molecular weight excluding hydrogens is 244 g/mol. The summed E-state index contributed by atoms with van der Waals surface area (Å²) in [5, 5.41) is 0. The van der Waals surface area contributed by atoms with Crippen LogP contribution in [0.3, 0.4) is 0 Å². The first kappa shape index (κ1) is 19.1. The van der Waals surface area contributed by atoms with Crippen LogP contribution >= 0.6 is 0 Å². The highest BCUT2D eigenvalue weighted by molar-refractivity contribution is 5.13. The molecular formula is C18H34N2. The maximum absolute atomic E-state index is 4.22. The molecule has 1 unspecified atom stereocenters. The molecule has 0 saturated heterocycles. The molecule has 0 aliphatic heterocycles. The Bertz CT molecular complexity index is 329. The number of hydrogen-bond acceptors (Lipinski definition) is 2. The average molecular weight is 278 g/mol. The monoisotopic (exact) mass is 278 g/mol. The predicted molar refractivity (Wildman–Crippen MR) is 89.9 cm³/mol. The zero-order chi connectivity index (χ0) is 14.3. The molecule has 0 aromatic carbocycles. The third-order valence-corrected chi connectivity index (χ3v) is 4.34. The molecule has 2 nitrogen and oxygen atoms in total. The van der Waals surface area contributed by atoms with Crippen LogP contribution in [0.5, 0.6) is 0 Å². The highest BCUT2D eigenvalue weighted by Gasteiger charge is 2.25. The third kappa shape index (κ3) is 5.24. The van der Waals surface area contributed by atoms with Crippen molar-refractivity contribution in [3.63, 3.8) is 0 Å². The van der Waals surface area contributed by atoms with Crippen LogP contribution in [0.25, 0.3) is 0 Å². The zero-order valence-electron chi connectivity index (χ0n) is 13.3. The smallest absolute Gasteiger partial charge is 0.0335 e. The van der Waals surface area contributed by atoms with E-state index in [0.717, 1.165) is 12.0 Å². The van der Waals surface area contributed by atoms with Gasteiger partial charge in [-0.05, 0) is 57.2 Å². The molecule has 116 valence electrons. The fraction of sp³-hybridized carbons (Fsp3) is 0.722. The summed E-state index contributed by atoms with van der Waals surface area (Å²) in [5.41, 5.74) is 1.33. The number of hydrogen-bond donors (Lipinski definition) is 0. The topological polar surface area (TPSA) is 16.1 Å². The Kier molecular flexibility index (Phi) is 9.49. The van der Waals surface area contributed by atoms with Crippen molar-refractivity contribution >= 4 is 0 Å². The SMILES string of the molecule is C.CC.CC1CCC(N(C)C(C)c2cccnc2)CC1. The molecule has 0 amide bonds. The minimum absolute atomic E-state index is 0. The first-order chi connectivity index (χ1) is 9.18. The lowest BCUT2D eigenvalue weighted by molar-refractivity contribution is 0.131. The molecule has 0 radical (unpaired) electrons. The lowest BCUT2D eigenvalue weighted by Gasteiger charge is -2.37. The Balaban J connectivity index is 0.00000115. The Morgan fingerprint density at radius 2 is 1.80 bits per heavy atom. The van der Waals surface area contributed by atoms with Gasteiger partial charge in [-0.1, -0.05) is 34.3 Å². The number of rotatable bonds is 3. The second-order valence-corrected chi connectivity index (χ2v) is 5.54. The molecule has 2 rings (SSSR count). The molecule has 1 aliphatic carbocycles. The van der Waals surface area contributed by atoms with Gasteiger partial charge in [-0.2, -0.15) is 0 Å². The van der Waals surface area contributed by atoms with Crippen LogP contribution in [0, 0.1) is 5.92 Å². The standard InChI is InChI=1S/C15H24N2.C2H6.CH4/c1-12-6-8-15(9-7-12)17(3)13(2)14-5-4-10-16-11-14;1-2;/h4-5,10-13,15H,6-9H2,1-3H3;1-2H3;1H4. The Labute approximate surface area is 126 Å². The highest BCUT2D eigenvalue weighted by atomic mass is 15.2. The van der Waals surface area contributed by atoms with Crippen LogP contribution in [-0.2, 0) is 0 Å². The Hall–Kier alpha value is -0.890. The summed E-state index contributed by atoms with van der Waals surface area (Å²) in [4.78, 5) is 6.75. The van der Waals surface area contributed by atoms with Crippen LogP contribution in [0.15, 0.2) is 24.5 Å². The first-order valence-corrected chi connectivity index (χ1v) is 7.80. The fourth-order valence-electron chi connectivity index (χ4n) is 2.82. The van der Waals surface area contributed by atoms with E-state index >= 15 is 0 Å². The quantitative estimate of drug-likeness (QED) is 0.744. The normalized spacial score (nSPS) is 23.3. The molecule has 20 heavy (non-hydrogen) atoms. The first-order valence-electron chi connectivity index (χ1n) is 7.80. The molecule has 0 N–H and O–H groups in total. The zero-order valence-corrected chi connectivity index (χ0v) is 13.3. The number of aromatic nitrogens is 1. The Morgan fingerprint density at radius 1 is 1.20 bits per heavy atom. The molecule has 0 spiro atoms. The molecule has 1 fully saturated rings. The average Bonchev–Trinajstić information content (AvgIpc) is 2.49. The van der Waals surface area contributed by atoms with Crippen LogP contribution in [0.1, 0.15) is 72.4 Å². The van der Waals surface area contributed by atoms with Crippen LogP contribution < -0.4 is 0 Å². The number of pyridine rings is 1. The second-order valence-electron chi connectivity index (χ2n) is 5.54. The highest BCUT2D eigenvalue weighted by Crippen LogP contribution is 2.30. The Morgan fingerprint density at radius 3 is 2.30 bits per heavy atom. The van der Waals surface area contributed by atoms with E-state index in [1.807, 2.05) is 32.3 Å². The van der Waals surface area contributed by atoms with Crippen LogP contribution in [-0.4, -0.2) is 23.0 Å². The van der Waals surface area contributed by atoms with Crippen molar-refractivity contribution in [1.29, 1.82) is 0 Å². The molecule has 1 aromatic heterocycles. The van der Waals surface area contributed by atoms with Crippen molar-refractivity contribution in [2.75, 3.05) is 7.05 Å². The van der Waals surface area contributed by atoms with Gasteiger partial charge in [-0.15, -0.1) is 0 Å². The van der Waals surface area contributed by atoms with Crippen molar-refractivity contribution in [2.24, 2.45) is 5.92 Å². The van der Waals surface area contributed by atoms with Gasteiger partial charge in [0.1, 0.15) is 0 Å². The maximum atomic E-state index is 4.22. The predicted octanol–water partition coefficient (Wildman–Crippen LogP) is 5.32. The third-order valence-electron chi connectivity index (χ3n) is 4.34. The van der Waals surface area contributed by atoms with Gasteiger partial charge >= 0.3 is 0 Å². The summed E-state index contributed by atoms with van der Waals surface area (Å²) in [6.45, 7) is 8.66. The largest absolute Gasteiger partial charge is 0.297 e. The molecule has 1 aromatic rings. The summed E-state index contributed by atoms with van der Waals surface area (Å²) in [6, 6.07) is 5.44. The summed E-state index contributed by atoms with van der Waals surface area (Å²) in [7, 11) is 2.26. The van der Waals surface area contributed by atoms with Gasteiger partial charge in [0.25, 0.3) is 0 Å². The van der Waals surface area contributed by atoms with E-state index in [1.54, 1.807) is 0 Å². The van der Waals surface area contributed by atoms with Crippen molar-refractivity contribution in [1.82, 2.24) is 9.88 Å². The van der Waals surface area contributed by atoms with Gasteiger partial charge in [-0.3, -0.25) is 9.88 Å². The summed E-state index contributed by atoms with van der Waals surface area (Å²) >= 11 is 0. The van der Waals surface area contributed by atoms with Crippen molar-refractivity contribution in [3.05, 3.63) is 30.1 Å². The molecule has 0 bridgehead atoms. The van der Waals surface area contributed by atoms with Crippen molar-refractivity contribution in [2.45, 2.75) is 72.9 Å². The second kappa shape index (κ2) is 9.93. The molecule has 1 heterocycles. The lowest BCUT2D eigenvalue weighted by atomic mass is 9.86. The molecule has 2 heteroatoms. The van der Waals surface area contributed by atoms with Gasteiger partial charge in [0, 0.05) is 24.5 Å². The van der Waals surface area contributed by atoms with Crippen LogP contribution in [0.2, 0.25) is 0 Å². The van der Waals surface area contributed by atoms with E-state index in [4.69, 9.17) is 0 Å². The van der Waals surface area contributed by atoms with Gasteiger partial charge in [0.15, 0.2) is 0 Å². The van der Waals surface area contributed by atoms with Crippen molar-refractivity contribution in [3.8, 4) is 0 Å². The van der Waals surface area contributed by atoms with Gasteiger partial charge in [0.2, 0.25) is 0 Å². The molecule has 1 atom stereocenters. The summed E-state index contributed by atoms with van der Waals surface area (Å²) in [6.07, 6.45) is 9.30. The lowest BCUT2D eigenvalue weighted by Crippen LogP contribution is -2.36. The van der Waals surface area contributed by atoms with Crippen LogP contribution in [0.4, 0.5) is 0 Å². The van der Waals surface area contributed by atoms with Crippen molar-refractivity contribution < 1.29 is 0 Å². The van der Waals surface area contributed by atoms with Gasteiger partial charge in [0.05, 0.1) is 0 Å². The maximum Gasteiger partial charge on any atom is 0.0335 e. The minimum atomic E-state index is 0. The molecule has 1 aliphatic rings. The van der Waals surface area contributed by atoms with Gasteiger partial charge in [-0.25, -0.2) is 0 Å². The van der Waals surface area contributed by atoms with E-state index < -0.39 is 0 Å². The van der Waals surface area contributed by atoms with E-state index in [-0.39, 0.29) is 7.43 Å². The van der Waals surface area contributed by atoms with E-state index in [0.29, 0.717) is 6.04 Å².